The molecule has 2 rings (SSSR count). The lowest BCUT2D eigenvalue weighted by Crippen LogP contribution is -2.34. The highest BCUT2D eigenvalue weighted by Crippen LogP contribution is 2.14. The van der Waals surface area contributed by atoms with E-state index in [9.17, 15) is 14.4 Å². The Balaban J connectivity index is 1.86. The number of carbonyl (C=O) groups is 3. The molecule has 8 nitrogen and oxygen atoms in total. The molecule has 0 radical (unpaired) electrons. The van der Waals surface area contributed by atoms with Crippen molar-refractivity contribution >= 4 is 35.2 Å². The standard InChI is InChI=1S/C10H12N4O4S/c15-8(3-13-6-19-5-9(13)16)12-7-1-11-14(2-7)4-10(17)18/h1-2H,3-6H2,(H,12,15)(H,17,18). The number of nitrogens with zero attached hydrogens (tertiary/aromatic N) is 3. The number of hydrogen-bond donors (Lipinski definition) is 2. The lowest BCUT2D eigenvalue weighted by atomic mass is 10.4. The summed E-state index contributed by atoms with van der Waals surface area (Å²) in [5.74, 6) is -0.470. The molecule has 2 heterocycles. The minimum absolute atomic E-state index is 0.00402. The minimum Gasteiger partial charge on any atom is -0.480 e. The molecule has 0 bridgehead atoms. The van der Waals surface area contributed by atoms with Crippen LogP contribution in [0, 0.1) is 0 Å². The van der Waals surface area contributed by atoms with Crippen LogP contribution in [0.3, 0.4) is 0 Å². The number of aromatic nitrogens is 2. The molecule has 1 aromatic heterocycles. The van der Waals surface area contributed by atoms with Crippen LogP contribution in [0.2, 0.25) is 0 Å². The third-order valence-corrected chi connectivity index (χ3v) is 3.32. The molecule has 2 amide bonds. The number of anilines is 1. The molecule has 0 atom stereocenters. The van der Waals surface area contributed by atoms with Gasteiger partial charge in [0.25, 0.3) is 0 Å². The van der Waals surface area contributed by atoms with E-state index in [0.717, 1.165) is 0 Å². The molecule has 1 aliphatic rings. The Bertz CT molecular complexity index is 515. The zero-order valence-corrected chi connectivity index (χ0v) is 10.7. The maximum absolute atomic E-state index is 11.7. The minimum atomic E-state index is -1.01. The van der Waals surface area contributed by atoms with Gasteiger partial charge < -0.3 is 15.3 Å². The number of hydrogen-bond acceptors (Lipinski definition) is 5. The Kier molecular flexibility index (Phi) is 4.05. The Hall–Kier alpha value is -2.03. The predicted molar refractivity (Wildman–Crippen MR) is 67.5 cm³/mol. The van der Waals surface area contributed by atoms with Crippen molar-refractivity contribution in [3.05, 3.63) is 12.4 Å². The van der Waals surface area contributed by atoms with Gasteiger partial charge in [0.05, 0.1) is 23.5 Å². The number of thioether (sulfide) groups is 1. The fourth-order valence-electron chi connectivity index (χ4n) is 1.57. The summed E-state index contributed by atoms with van der Waals surface area (Å²) in [5, 5.41) is 14.9. The van der Waals surface area contributed by atoms with E-state index >= 15 is 0 Å². The molecule has 0 aromatic carbocycles. The molecular weight excluding hydrogens is 272 g/mol. The second kappa shape index (κ2) is 5.74. The fourth-order valence-corrected chi connectivity index (χ4v) is 2.47. The summed E-state index contributed by atoms with van der Waals surface area (Å²) in [6.07, 6.45) is 2.79. The summed E-state index contributed by atoms with van der Waals surface area (Å²) in [4.78, 5) is 34.9. The van der Waals surface area contributed by atoms with Crippen molar-refractivity contribution in [3.63, 3.8) is 0 Å². The molecule has 0 unspecified atom stereocenters. The van der Waals surface area contributed by atoms with E-state index in [1.165, 1.54) is 33.7 Å². The average molecular weight is 284 g/mol. The molecular formula is C10H12N4O4S. The molecule has 102 valence electrons. The summed E-state index contributed by atoms with van der Waals surface area (Å²) in [6, 6.07) is 0. The first-order valence-corrected chi connectivity index (χ1v) is 6.59. The van der Waals surface area contributed by atoms with E-state index in [0.29, 0.717) is 17.3 Å². The lowest BCUT2D eigenvalue weighted by molar-refractivity contribution is -0.137. The van der Waals surface area contributed by atoms with Crippen molar-refractivity contribution < 1.29 is 19.5 Å². The van der Waals surface area contributed by atoms with E-state index in [4.69, 9.17) is 5.11 Å². The molecule has 2 N–H and O–H groups in total. The number of carboxylic acids is 1. The predicted octanol–water partition coefficient (Wildman–Crippen LogP) is -0.561. The van der Waals surface area contributed by atoms with Crippen LogP contribution in [0.5, 0.6) is 0 Å². The summed E-state index contributed by atoms with van der Waals surface area (Å²) in [7, 11) is 0. The first-order valence-electron chi connectivity index (χ1n) is 5.44. The van der Waals surface area contributed by atoms with E-state index < -0.39 is 5.97 Å². The monoisotopic (exact) mass is 284 g/mol. The normalized spacial score (nSPS) is 14.7. The number of carboxylic acid groups (broad SMARTS) is 1. The van der Waals surface area contributed by atoms with Crippen molar-refractivity contribution in [1.82, 2.24) is 14.7 Å². The molecule has 1 aromatic rings. The first kappa shape index (κ1) is 13.4. The number of aliphatic carboxylic acids is 1. The van der Waals surface area contributed by atoms with Gasteiger partial charge in [-0.2, -0.15) is 5.10 Å². The maximum atomic E-state index is 11.7. The first-order chi connectivity index (χ1) is 9.04. The smallest absolute Gasteiger partial charge is 0.325 e. The Morgan fingerprint density at radius 3 is 2.89 bits per heavy atom. The quantitative estimate of drug-likeness (QED) is 0.751. The van der Waals surface area contributed by atoms with Crippen molar-refractivity contribution in [2.75, 3.05) is 23.5 Å². The highest BCUT2D eigenvalue weighted by Gasteiger charge is 2.22. The van der Waals surface area contributed by atoms with Crippen molar-refractivity contribution in [1.29, 1.82) is 0 Å². The number of rotatable bonds is 5. The maximum Gasteiger partial charge on any atom is 0.325 e. The zero-order valence-electron chi connectivity index (χ0n) is 9.90. The summed E-state index contributed by atoms with van der Waals surface area (Å²) in [6.45, 7) is -0.271. The number of amides is 2. The molecule has 1 aliphatic heterocycles. The molecule has 9 heteroatoms. The van der Waals surface area contributed by atoms with Gasteiger partial charge in [-0.15, -0.1) is 11.8 Å². The highest BCUT2D eigenvalue weighted by molar-refractivity contribution is 8.00. The van der Waals surface area contributed by atoms with Crippen LogP contribution < -0.4 is 5.32 Å². The molecule has 1 saturated heterocycles. The van der Waals surface area contributed by atoms with Crippen LogP contribution in [0.1, 0.15) is 0 Å². The van der Waals surface area contributed by atoms with Gasteiger partial charge in [-0.3, -0.25) is 19.1 Å². The third kappa shape index (κ3) is 3.71. The Labute approximate surface area is 112 Å². The molecule has 0 spiro atoms. The summed E-state index contributed by atoms with van der Waals surface area (Å²) >= 11 is 1.46. The van der Waals surface area contributed by atoms with Crippen LogP contribution in [-0.2, 0) is 20.9 Å². The van der Waals surface area contributed by atoms with Crippen LogP contribution >= 0.6 is 11.8 Å². The molecule has 1 fully saturated rings. The van der Waals surface area contributed by atoms with Crippen LogP contribution in [0.25, 0.3) is 0 Å². The van der Waals surface area contributed by atoms with E-state index in [-0.39, 0.29) is 24.9 Å². The van der Waals surface area contributed by atoms with Gasteiger partial charge in [-0.25, -0.2) is 0 Å². The highest BCUT2D eigenvalue weighted by atomic mass is 32.2. The molecule has 0 saturated carbocycles. The van der Waals surface area contributed by atoms with Crippen molar-refractivity contribution in [2.24, 2.45) is 0 Å². The van der Waals surface area contributed by atoms with Crippen LogP contribution in [-0.4, -0.2) is 55.7 Å². The van der Waals surface area contributed by atoms with Crippen molar-refractivity contribution in [3.8, 4) is 0 Å². The number of carbonyl (C=O) groups excluding carboxylic acids is 2. The van der Waals surface area contributed by atoms with Gasteiger partial charge in [0.2, 0.25) is 11.8 Å². The Morgan fingerprint density at radius 1 is 1.47 bits per heavy atom. The average Bonchev–Trinajstić information content (AvgIpc) is 2.89. The number of nitrogens with one attached hydrogen (secondary N) is 1. The summed E-state index contributed by atoms with van der Waals surface area (Å²) in [5.41, 5.74) is 0.408. The third-order valence-electron chi connectivity index (χ3n) is 2.37. The van der Waals surface area contributed by atoms with E-state index in [1.54, 1.807) is 0 Å². The molecule has 0 aliphatic carbocycles. The van der Waals surface area contributed by atoms with E-state index in [1.807, 2.05) is 0 Å². The van der Waals surface area contributed by atoms with Gasteiger partial charge in [0.1, 0.15) is 13.1 Å². The van der Waals surface area contributed by atoms with Gasteiger partial charge in [0, 0.05) is 6.20 Å². The Morgan fingerprint density at radius 2 is 2.26 bits per heavy atom. The van der Waals surface area contributed by atoms with Crippen molar-refractivity contribution in [2.45, 2.75) is 6.54 Å². The van der Waals surface area contributed by atoms with Crippen LogP contribution in [0.15, 0.2) is 12.4 Å². The van der Waals surface area contributed by atoms with Gasteiger partial charge in [0.15, 0.2) is 0 Å². The topological polar surface area (TPSA) is 105 Å². The SMILES string of the molecule is O=C(O)Cn1cc(NC(=O)CN2CSCC2=O)cn1. The van der Waals surface area contributed by atoms with E-state index in [2.05, 4.69) is 10.4 Å². The molecule has 19 heavy (non-hydrogen) atoms. The van der Waals surface area contributed by atoms with Crippen LogP contribution in [0.4, 0.5) is 5.69 Å². The summed E-state index contributed by atoms with van der Waals surface area (Å²) < 4.78 is 1.20. The fraction of sp³-hybridized carbons (Fsp3) is 0.400. The van der Waals surface area contributed by atoms with Gasteiger partial charge in [-0.05, 0) is 0 Å². The largest absolute Gasteiger partial charge is 0.480 e. The zero-order chi connectivity index (χ0) is 13.8. The second-order valence-electron chi connectivity index (χ2n) is 3.94. The second-order valence-corrected chi connectivity index (χ2v) is 4.89. The van der Waals surface area contributed by atoms with Gasteiger partial charge >= 0.3 is 5.97 Å². The van der Waals surface area contributed by atoms with Gasteiger partial charge in [-0.1, -0.05) is 0 Å². The lowest BCUT2D eigenvalue weighted by Gasteiger charge is -2.13.